The van der Waals surface area contributed by atoms with E-state index in [9.17, 15) is 17.6 Å². The van der Waals surface area contributed by atoms with Gasteiger partial charge in [-0.25, -0.2) is 4.39 Å². The molecule has 0 aliphatic rings. The van der Waals surface area contributed by atoms with E-state index >= 15 is 0 Å². The van der Waals surface area contributed by atoms with Gasteiger partial charge in [0.25, 0.3) is 0 Å². The van der Waals surface area contributed by atoms with Crippen molar-refractivity contribution in [2.75, 3.05) is 0 Å². The Morgan fingerprint density at radius 1 is 0.895 bits per heavy atom. The van der Waals surface area contributed by atoms with E-state index < -0.39 is 11.7 Å². The lowest BCUT2D eigenvalue weighted by molar-refractivity contribution is -0.137. The summed E-state index contributed by atoms with van der Waals surface area (Å²) in [6.07, 6.45) is -0.390. The van der Waals surface area contributed by atoms with Crippen molar-refractivity contribution in [1.82, 2.24) is 4.98 Å². The zero-order valence-electron chi connectivity index (χ0n) is 9.66. The molecule has 2 rings (SSSR count). The molecule has 0 N–H and O–H groups in total. The summed E-state index contributed by atoms with van der Waals surface area (Å²) < 4.78 is 49.6. The van der Waals surface area contributed by atoms with Crippen LogP contribution in [0.25, 0.3) is 12.2 Å². The van der Waals surface area contributed by atoms with Crippen LogP contribution in [0.5, 0.6) is 0 Å². The quantitative estimate of drug-likeness (QED) is 0.734. The van der Waals surface area contributed by atoms with Crippen molar-refractivity contribution < 1.29 is 17.6 Å². The van der Waals surface area contributed by atoms with E-state index in [2.05, 4.69) is 4.98 Å². The second-order valence-electron chi connectivity index (χ2n) is 3.85. The molecule has 0 aliphatic heterocycles. The Kier molecular flexibility index (Phi) is 3.64. The molecule has 0 atom stereocenters. The highest BCUT2D eigenvalue weighted by Gasteiger charge is 2.30. The first-order chi connectivity index (χ1) is 8.95. The minimum absolute atomic E-state index is 0.343. The van der Waals surface area contributed by atoms with Crippen molar-refractivity contribution in [3.05, 3.63) is 65.2 Å². The highest BCUT2D eigenvalue weighted by Crippen LogP contribution is 2.28. The second kappa shape index (κ2) is 5.22. The first-order valence-electron chi connectivity index (χ1n) is 5.42. The predicted octanol–water partition coefficient (Wildman–Crippen LogP) is 4.41. The molecule has 1 heterocycles. The van der Waals surface area contributed by atoms with E-state index in [1.807, 2.05) is 0 Å². The number of rotatable bonds is 2. The summed E-state index contributed by atoms with van der Waals surface area (Å²) in [5, 5.41) is 0. The van der Waals surface area contributed by atoms with Crippen LogP contribution < -0.4 is 0 Å². The summed E-state index contributed by atoms with van der Waals surface area (Å²) in [6.45, 7) is 0. The van der Waals surface area contributed by atoms with Gasteiger partial charge >= 0.3 is 6.18 Å². The van der Waals surface area contributed by atoms with E-state index in [0.29, 0.717) is 5.69 Å². The van der Waals surface area contributed by atoms with E-state index in [4.69, 9.17) is 0 Å². The van der Waals surface area contributed by atoms with Gasteiger partial charge in [0.2, 0.25) is 0 Å². The van der Waals surface area contributed by atoms with Gasteiger partial charge in [-0.05, 0) is 35.9 Å². The maximum absolute atomic E-state index is 12.7. The Hall–Kier alpha value is -2.17. The summed E-state index contributed by atoms with van der Waals surface area (Å²) in [7, 11) is 0. The molecule has 1 nitrogen and oxygen atoms in total. The molecule has 0 aliphatic carbocycles. The fourth-order valence-electron chi connectivity index (χ4n) is 1.43. The highest BCUT2D eigenvalue weighted by atomic mass is 19.4. The summed E-state index contributed by atoms with van der Waals surface area (Å²) in [6, 6.07) is 7.99. The third-order valence-corrected chi connectivity index (χ3v) is 2.43. The standard InChI is InChI=1S/C14H9F4N/c15-12-5-1-10(2-6-12)3-7-13-8-4-11(9-19-13)14(16,17)18/h1-9H/b7-3+. The Balaban J connectivity index is 2.13. The van der Waals surface area contributed by atoms with E-state index in [1.165, 1.54) is 18.2 Å². The molecule has 1 aromatic heterocycles. The first-order valence-corrected chi connectivity index (χ1v) is 5.42. The van der Waals surface area contributed by atoms with Crippen LogP contribution >= 0.6 is 0 Å². The normalized spacial score (nSPS) is 12.0. The minimum Gasteiger partial charge on any atom is -0.256 e. The molecule has 0 radical (unpaired) electrons. The van der Waals surface area contributed by atoms with Gasteiger partial charge in [-0.15, -0.1) is 0 Å². The lowest BCUT2D eigenvalue weighted by Gasteiger charge is -2.05. The van der Waals surface area contributed by atoms with Crippen LogP contribution in [0, 0.1) is 5.82 Å². The van der Waals surface area contributed by atoms with Crippen molar-refractivity contribution in [1.29, 1.82) is 0 Å². The first kappa shape index (κ1) is 13.3. The molecule has 0 saturated carbocycles. The molecule has 0 spiro atoms. The topological polar surface area (TPSA) is 12.9 Å². The molecular weight excluding hydrogens is 258 g/mol. The Labute approximate surface area is 107 Å². The van der Waals surface area contributed by atoms with E-state index in [1.54, 1.807) is 24.3 Å². The Bertz CT molecular complexity index is 568. The molecular formula is C14H9F4N. The number of halogens is 4. The van der Waals surface area contributed by atoms with Gasteiger partial charge in [-0.3, -0.25) is 4.98 Å². The third-order valence-electron chi connectivity index (χ3n) is 2.43. The lowest BCUT2D eigenvalue weighted by atomic mass is 10.2. The largest absolute Gasteiger partial charge is 0.417 e. The number of nitrogens with zero attached hydrogens (tertiary/aromatic N) is 1. The molecule has 19 heavy (non-hydrogen) atoms. The van der Waals surface area contributed by atoms with Crippen LogP contribution in [-0.4, -0.2) is 4.98 Å². The fourth-order valence-corrected chi connectivity index (χ4v) is 1.43. The van der Waals surface area contributed by atoms with Crippen molar-refractivity contribution in [3.63, 3.8) is 0 Å². The third kappa shape index (κ3) is 3.64. The second-order valence-corrected chi connectivity index (χ2v) is 3.85. The van der Waals surface area contributed by atoms with Gasteiger partial charge in [0.1, 0.15) is 5.82 Å². The van der Waals surface area contributed by atoms with Crippen molar-refractivity contribution in [2.24, 2.45) is 0 Å². The van der Waals surface area contributed by atoms with E-state index in [0.717, 1.165) is 17.8 Å². The maximum Gasteiger partial charge on any atom is 0.417 e. The number of benzene rings is 1. The van der Waals surface area contributed by atoms with Gasteiger partial charge in [0.15, 0.2) is 0 Å². The van der Waals surface area contributed by atoms with Crippen LogP contribution in [0.1, 0.15) is 16.8 Å². The molecule has 1 aromatic carbocycles. The van der Waals surface area contributed by atoms with Crippen molar-refractivity contribution in [2.45, 2.75) is 6.18 Å². The number of alkyl halides is 3. The number of hydrogen-bond acceptors (Lipinski definition) is 1. The average molecular weight is 267 g/mol. The zero-order chi connectivity index (χ0) is 13.9. The number of hydrogen-bond donors (Lipinski definition) is 0. The van der Waals surface area contributed by atoms with Gasteiger partial charge in [-0.1, -0.05) is 18.2 Å². The van der Waals surface area contributed by atoms with Crippen molar-refractivity contribution >= 4 is 12.2 Å². The van der Waals surface area contributed by atoms with Crippen LogP contribution in [0.2, 0.25) is 0 Å². The number of aromatic nitrogens is 1. The summed E-state index contributed by atoms with van der Waals surface area (Å²) in [5.74, 6) is -0.343. The van der Waals surface area contributed by atoms with Gasteiger partial charge in [0.05, 0.1) is 11.3 Å². The smallest absolute Gasteiger partial charge is 0.256 e. The molecule has 0 fully saturated rings. The van der Waals surface area contributed by atoms with E-state index in [-0.39, 0.29) is 5.82 Å². The summed E-state index contributed by atoms with van der Waals surface area (Å²) >= 11 is 0. The monoisotopic (exact) mass is 267 g/mol. The van der Waals surface area contributed by atoms with Crippen LogP contribution in [0.3, 0.4) is 0 Å². The molecule has 0 saturated heterocycles. The van der Waals surface area contributed by atoms with Crippen molar-refractivity contribution in [3.8, 4) is 0 Å². The zero-order valence-corrected chi connectivity index (χ0v) is 9.66. The van der Waals surface area contributed by atoms with Gasteiger partial charge in [0, 0.05) is 6.20 Å². The van der Waals surface area contributed by atoms with Gasteiger partial charge < -0.3 is 0 Å². The Morgan fingerprint density at radius 2 is 1.58 bits per heavy atom. The summed E-state index contributed by atoms with van der Waals surface area (Å²) in [4.78, 5) is 3.70. The lowest BCUT2D eigenvalue weighted by Crippen LogP contribution is -2.05. The maximum atomic E-state index is 12.7. The minimum atomic E-state index is -4.38. The summed E-state index contributed by atoms with van der Waals surface area (Å²) in [5.41, 5.74) is 0.354. The molecule has 0 bridgehead atoms. The van der Waals surface area contributed by atoms with Crippen LogP contribution in [0.15, 0.2) is 42.6 Å². The van der Waals surface area contributed by atoms with Crippen LogP contribution in [-0.2, 0) is 6.18 Å². The highest BCUT2D eigenvalue weighted by molar-refractivity contribution is 5.67. The molecule has 5 heteroatoms. The predicted molar refractivity (Wildman–Crippen MR) is 64.6 cm³/mol. The molecule has 98 valence electrons. The molecule has 2 aromatic rings. The molecule has 0 unspecified atom stereocenters. The fraction of sp³-hybridized carbons (Fsp3) is 0.0714. The van der Waals surface area contributed by atoms with Crippen LogP contribution in [0.4, 0.5) is 17.6 Å². The molecule has 0 amide bonds. The van der Waals surface area contributed by atoms with Gasteiger partial charge in [-0.2, -0.15) is 13.2 Å². The Morgan fingerprint density at radius 3 is 2.11 bits per heavy atom. The SMILES string of the molecule is Fc1ccc(/C=C/c2ccc(C(F)(F)F)cn2)cc1. The average Bonchev–Trinajstić information content (AvgIpc) is 2.37. The number of pyridine rings is 1.